The molecule has 0 fully saturated rings. The van der Waals surface area contributed by atoms with Gasteiger partial charge in [0.15, 0.2) is 0 Å². The van der Waals surface area contributed by atoms with Gasteiger partial charge in [0.2, 0.25) is 0 Å². The van der Waals surface area contributed by atoms with E-state index in [9.17, 15) is 0 Å². The van der Waals surface area contributed by atoms with Crippen LogP contribution in [0.1, 0.15) is 89.4 Å². The third-order valence-corrected chi connectivity index (χ3v) is 5.78. The summed E-state index contributed by atoms with van der Waals surface area (Å²) in [5, 5.41) is 7.17. The van der Waals surface area contributed by atoms with Crippen LogP contribution in [0.25, 0.3) is 0 Å². The van der Waals surface area contributed by atoms with Crippen molar-refractivity contribution >= 4 is 17.0 Å². The van der Waals surface area contributed by atoms with E-state index >= 15 is 0 Å². The highest BCUT2D eigenvalue weighted by atomic mass is 79.9. The third kappa shape index (κ3) is 10.9. The van der Waals surface area contributed by atoms with Crippen molar-refractivity contribution in [2.75, 3.05) is 26.3 Å². The zero-order valence-corrected chi connectivity index (χ0v) is 22.8. The van der Waals surface area contributed by atoms with Crippen LogP contribution in [0, 0.1) is 0 Å². The van der Waals surface area contributed by atoms with Gasteiger partial charge >= 0.3 is 0 Å². The normalized spacial score (nSPS) is 12.6. The van der Waals surface area contributed by atoms with Crippen molar-refractivity contribution in [2.24, 2.45) is 0 Å². The number of halogens is 1. The van der Waals surface area contributed by atoms with Crippen molar-refractivity contribution < 1.29 is 9.47 Å². The Hall–Kier alpha value is -1.56. The molecule has 0 saturated carbocycles. The van der Waals surface area contributed by atoms with E-state index < -0.39 is 0 Å². The molecule has 0 radical (unpaired) electrons. The number of unbranched alkanes of at least 4 members (excludes halogenated alkanes) is 2. The van der Waals surface area contributed by atoms with Gasteiger partial charge in [0.25, 0.3) is 0 Å². The van der Waals surface area contributed by atoms with Gasteiger partial charge in [-0.1, -0.05) is 77.6 Å². The topological polar surface area (TPSA) is 42.5 Å². The van der Waals surface area contributed by atoms with Crippen LogP contribution in [0.15, 0.2) is 48.5 Å². The van der Waals surface area contributed by atoms with Crippen molar-refractivity contribution in [2.45, 2.75) is 78.3 Å². The lowest BCUT2D eigenvalue weighted by molar-refractivity contribution is 0.217. The summed E-state index contributed by atoms with van der Waals surface area (Å²) in [6, 6.07) is 17.8. The van der Waals surface area contributed by atoms with Gasteiger partial charge < -0.3 is 20.1 Å². The highest BCUT2D eigenvalue weighted by molar-refractivity contribution is 8.93. The first kappa shape index (κ1) is 29.5. The summed E-state index contributed by atoms with van der Waals surface area (Å²) < 4.78 is 11.8. The summed E-state index contributed by atoms with van der Waals surface area (Å²) in [5.41, 5.74) is 2.66. The van der Waals surface area contributed by atoms with Gasteiger partial charge in [-0.25, -0.2) is 0 Å². The minimum absolute atomic E-state index is 0. The number of hydrogen-bond acceptors (Lipinski definition) is 4. The fraction of sp³-hybridized carbons (Fsp3) is 0.571. The van der Waals surface area contributed by atoms with Gasteiger partial charge in [-0.05, 0) is 61.3 Å². The smallest absolute Gasteiger partial charge is 0.122 e. The van der Waals surface area contributed by atoms with E-state index in [-0.39, 0.29) is 17.0 Å². The Morgan fingerprint density at radius 3 is 1.27 bits per heavy atom. The second-order valence-corrected chi connectivity index (χ2v) is 8.34. The molecule has 0 aromatic heterocycles. The van der Waals surface area contributed by atoms with Crippen LogP contribution in [0.5, 0.6) is 11.5 Å². The second-order valence-electron chi connectivity index (χ2n) is 8.34. The van der Waals surface area contributed by atoms with Crippen LogP contribution >= 0.6 is 17.0 Å². The van der Waals surface area contributed by atoms with Crippen LogP contribution in [0.4, 0.5) is 0 Å². The maximum absolute atomic E-state index is 5.89. The molecule has 4 nitrogen and oxygen atoms in total. The fourth-order valence-corrected chi connectivity index (χ4v) is 3.99. The number of nitrogens with one attached hydrogen (secondary N) is 2. The third-order valence-electron chi connectivity index (χ3n) is 5.78. The average Bonchev–Trinajstić information content (AvgIpc) is 2.83. The minimum atomic E-state index is 0. The molecule has 0 spiro atoms. The van der Waals surface area contributed by atoms with E-state index in [0.29, 0.717) is 25.3 Å². The first-order valence-corrected chi connectivity index (χ1v) is 12.6. The largest absolute Gasteiger partial charge is 0.490 e. The molecule has 0 bridgehead atoms. The summed E-state index contributed by atoms with van der Waals surface area (Å²) in [7, 11) is 0. The van der Waals surface area contributed by atoms with E-state index in [1.54, 1.807) is 0 Å². The average molecular weight is 522 g/mol. The molecular weight excluding hydrogens is 476 g/mol. The van der Waals surface area contributed by atoms with Crippen molar-refractivity contribution in [3.8, 4) is 11.5 Å². The van der Waals surface area contributed by atoms with Crippen molar-refractivity contribution in [1.82, 2.24) is 10.6 Å². The SMILES string of the molecule is Br.CCCCC(NCC)c1ccc(OCCOc2ccc(C(CCCC)NCC)cc2)cc1. The van der Waals surface area contributed by atoms with E-state index in [0.717, 1.165) is 24.6 Å². The van der Waals surface area contributed by atoms with Crippen LogP contribution in [-0.2, 0) is 0 Å². The van der Waals surface area contributed by atoms with E-state index in [1.807, 2.05) is 0 Å². The summed E-state index contributed by atoms with van der Waals surface area (Å²) in [4.78, 5) is 0. The molecule has 0 heterocycles. The predicted octanol–water partition coefficient (Wildman–Crippen LogP) is 7.40. The Kier molecular flexibility index (Phi) is 15.9. The molecule has 0 saturated heterocycles. The van der Waals surface area contributed by atoms with Gasteiger partial charge in [0.05, 0.1) is 0 Å². The molecule has 2 aromatic carbocycles. The lowest BCUT2D eigenvalue weighted by Gasteiger charge is -2.19. The standard InChI is InChI=1S/C28H44N2O2.BrH/c1-5-9-11-27(29-7-3)23-13-17-25(18-14-23)31-21-22-32-26-19-15-24(16-20-26)28(30-8-4)12-10-6-2;/h13-20,27-30H,5-12,21-22H2,1-4H3;1H. The maximum Gasteiger partial charge on any atom is 0.122 e. The molecule has 33 heavy (non-hydrogen) atoms. The molecule has 2 N–H and O–H groups in total. The second kappa shape index (κ2) is 17.9. The Labute approximate surface area is 212 Å². The maximum atomic E-state index is 5.89. The zero-order valence-electron chi connectivity index (χ0n) is 21.1. The summed E-state index contributed by atoms with van der Waals surface area (Å²) in [5.74, 6) is 1.78. The van der Waals surface area contributed by atoms with E-state index in [1.165, 1.54) is 49.7 Å². The Bertz CT molecular complexity index is 658. The molecule has 2 atom stereocenters. The van der Waals surface area contributed by atoms with Crippen molar-refractivity contribution in [3.05, 3.63) is 59.7 Å². The summed E-state index contributed by atoms with van der Waals surface area (Å²) >= 11 is 0. The van der Waals surface area contributed by atoms with Gasteiger partial charge in [0, 0.05) is 12.1 Å². The molecule has 186 valence electrons. The highest BCUT2D eigenvalue weighted by Crippen LogP contribution is 2.23. The number of ether oxygens (including phenoxy) is 2. The number of benzene rings is 2. The molecule has 2 unspecified atom stereocenters. The van der Waals surface area contributed by atoms with Gasteiger partial charge in [-0.15, -0.1) is 17.0 Å². The van der Waals surface area contributed by atoms with E-state index in [4.69, 9.17) is 9.47 Å². The van der Waals surface area contributed by atoms with Crippen molar-refractivity contribution in [3.63, 3.8) is 0 Å². The van der Waals surface area contributed by atoms with Gasteiger partial charge in [0.1, 0.15) is 24.7 Å². The highest BCUT2D eigenvalue weighted by Gasteiger charge is 2.11. The fourth-order valence-electron chi connectivity index (χ4n) is 3.99. The molecule has 0 aliphatic heterocycles. The number of hydrogen-bond donors (Lipinski definition) is 2. The minimum Gasteiger partial charge on any atom is -0.490 e. The van der Waals surface area contributed by atoms with E-state index in [2.05, 4.69) is 86.9 Å². The molecular formula is C28H45BrN2O2. The molecule has 5 heteroatoms. The quantitative estimate of drug-likeness (QED) is 0.213. The molecule has 0 aliphatic carbocycles. The summed E-state index contributed by atoms with van der Waals surface area (Å²) in [6.45, 7) is 11.8. The van der Waals surface area contributed by atoms with Crippen LogP contribution < -0.4 is 20.1 Å². The molecule has 2 aromatic rings. The van der Waals surface area contributed by atoms with Gasteiger partial charge in [-0.3, -0.25) is 0 Å². The number of rotatable bonds is 17. The Morgan fingerprint density at radius 2 is 0.970 bits per heavy atom. The van der Waals surface area contributed by atoms with Crippen LogP contribution in [0.2, 0.25) is 0 Å². The zero-order chi connectivity index (χ0) is 23.0. The van der Waals surface area contributed by atoms with Gasteiger partial charge in [-0.2, -0.15) is 0 Å². The lowest BCUT2D eigenvalue weighted by Crippen LogP contribution is -2.20. The first-order chi connectivity index (χ1) is 15.7. The van der Waals surface area contributed by atoms with Crippen molar-refractivity contribution in [1.29, 1.82) is 0 Å². The molecule has 0 amide bonds. The Morgan fingerprint density at radius 1 is 0.606 bits per heavy atom. The van der Waals surface area contributed by atoms with Crippen LogP contribution in [-0.4, -0.2) is 26.3 Å². The monoisotopic (exact) mass is 520 g/mol. The lowest BCUT2D eigenvalue weighted by atomic mass is 10.0. The molecule has 0 aliphatic rings. The van der Waals surface area contributed by atoms with Crippen LogP contribution in [0.3, 0.4) is 0 Å². The first-order valence-electron chi connectivity index (χ1n) is 12.6. The Balaban J connectivity index is 0.00000544. The predicted molar refractivity (Wildman–Crippen MR) is 146 cm³/mol. The summed E-state index contributed by atoms with van der Waals surface area (Å²) in [6.07, 6.45) is 7.27. The molecule has 2 rings (SSSR count).